The minimum absolute atomic E-state index is 0.0578. The summed E-state index contributed by atoms with van der Waals surface area (Å²) >= 11 is 3.14. The van der Waals surface area contributed by atoms with E-state index in [-0.39, 0.29) is 5.69 Å². The van der Waals surface area contributed by atoms with Crippen molar-refractivity contribution in [3.8, 4) is 0 Å². The van der Waals surface area contributed by atoms with Gasteiger partial charge in [0.2, 0.25) is 0 Å². The summed E-state index contributed by atoms with van der Waals surface area (Å²) in [6, 6.07) is 3.18. The Morgan fingerprint density at radius 1 is 1.64 bits per heavy atom. The third-order valence-corrected chi connectivity index (χ3v) is 2.06. The molecule has 0 radical (unpaired) electrons. The van der Waals surface area contributed by atoms with Crippen LogP contribution in [0.1, 0.15) is 16.1 Å². The summed E-state index contributed by atoms with van der Waals surface area (Å²) in [6.07, 6.45) is 0. The highest BCUT2D eigenvalue weighted by Crippen LogP contribution is 2.12. The van der Waals surface area contributed by atoms with Crippen molar-refractivity contribution in [2.75, 3.05) is 0 Å². The summed E-state index contributed by atoms with van der Waals surface area (Å²) in [4.78, 5) is 14.2. The number of pyridine rings is 1. The second-order valence-corrected chi connectivity index (χ2v) is 2.86. The Bertz CT molecular complexity index is 298. The van der Waals surface area contributed by atoms with E-state index < -0.39 is 5.97 Å². The fourth-order valence-electron chi connectivity index (χ4n) is 0.623. The van der Waals surface area contributed by atoms with E-state index in [9.17, 15) is 4.79 Å². The topological polar surface area (TPSA) is 50.2 Å². The molecule has 0 aliphatic carbocycles. The van der Waals surface area contributed by atoms with Crippen LogP contribution >= 0.6 is 15.9 Å². The molecule has 3 nitrogen and oxygen atoms in total. The zero-order valence-electron chi connectivity index (χ0n) is 5.84. The molecule has 1 rings (SSSR count). The van der Waals surface area contributed by atoms with Crippen LogP contribution < -0.4 is 0 Å². The van der Waals surface area contributed by atoms with Crippen molar-refractivity contribution in [2.45, 2.75) is 6.92 Å². The largest absolute Gasteiger partial charge is 0.477 e. The number of hydrogen-bond acceptors (Lipinski definition) is 2. The van der Waals surface area contributed by atoms with Crippen LogP contribution in [0, 0.1) is 6.92 Å². The SMILES string of the molecule is Cc1ccc(C(=O)O)nc1Br. The molecule has 1 N–H and O–H groups in total. The molecule has 0 atom stereocenters. The predicted octanol–water partition coefficient (Wildman–Crippen LogP) is 1.85. The average molecular weight is 216 g/mol. The molecule has 0 aliphatic heterocycles. The molecule has 1 aromatic heterocycles. The van der Waals surface area contributed by atoms with Crippen molar-refractivity contribution in [3.63, 3.8) is 0 Å². The maximum atomic E-state index is 10.4. The maximum absolute atomic E-state index is 10.4. The number of aromatic nitrogens is 1. The van der Waals surface area contributed by atoms with E-state index in [0.717, 1.165) is 5.56 Å². The van der Waals surface area contributed by atoms with Gasteiger partial charge in [-0.15, -0.1) is 0 Å². The summed E-state index contributed by atoms with van der Waals surface area (Å²) in [6.45, 7) is 1.85. The Morgan fingerprint density at radius 3 is 2.73 bits per heavy atom. The van der Waals surface area contributed by atoms with Gasteiger partial charge in [-0.3, -0.25) is 0 Å². The molecule has 0 amide bonds. The number of carboxylic acids is 1. The van der Waals surface area contributed by atoms with E-state index in [2.05, 4.69) is 20.9 Å². The van der Waals surface area contributed by atoms with E-state index in [1.807, 2.05) is 6.92 Å². The molecule has 0 aliphatic rings. The molecule has 58 valence electrons. The number of aromatic carboxylic acids is 1. The van der Waals surface area contributed by atoms with E-state index in [0.29, 0.717) is 4.60 Å². The molecule has 4 heteroatoms. The molecule has 1 heterocycles. The normalized spacial score (nSPS) is 9.64. The molecule has 0 saturated carbocycles. The van der Waals surface area contributed by atoms with Gasteiger partial charge < -0.3 is 5.11 Å². The molecular weight excluding hydrogens is 210 g/mol. The number of aryl methyl sites for hydroxylation is 1. The van der Waals surface area contributed by atoms with Crippen molar-refractivity contribution in [3.05, 3.63) is 28.0 Å². The third-order valence-electron chi connectivity index (χ3n) is 1.25. The fraction of sp³-hybridized carbons (Fsp3) is 0.143. The lowest BCUT2D eigenvalue weighted by Gasteiger charge is -1.97. The Morgan fingerprint density at radius 2 is 2.27 bits per heavy atom. The van der Waals surface area contributed by atoms with Gasteiger partial charge in [0.05, 0.1) is 0 Å². The molecule has 0 saturated heterocycles. The summed E-state index contributed by atoms with van der Waals surface area (Å²) < 4.78 is 0.581. The highest BCUT2D eigenvalue weighted by atomic mass is 79.9. The van der Waals surface area contributed by atoms with Gasteiger partial charge in [-0.1, -0.05) is 6.07 Å². The van der Waals surface area contributed by atoms with Crippen molar-refractivity contribution in [1.29, 1.82) is 0 Å². The zero-order valence-corrected chi connectivity index (χ0v) is 7.42. The van der Waals surface area contributed by atoms with Crippen molar-refractivity contribution < 1.29 is 9.90 Å². The molecule has 0 unspecified atom stereocenters. The number of rotatable bonds is 1. The summed E-state index contributed by atoms with van der Waals surface area (Å²) in [5, 5.41) is 8.52. The maximum Gasteiger partial charge on any atom is 0.354 e. The Kier molecular flexibility index (Phi) is 2.24. The van der Waals surface area contributed by atoms with E-state index in [1.54, 1.807) is 6.07 Å². The van der Waals surface area contributed by atoms with Gasteiger partial charge >= 0.3 is 5.97 Å². The van der Waals surface area contributed by atoms with Gasteiger partial charge in [0.25, 0.3) is 0 Å². The van der Waals surface area contributed by atoms with E-state index in [4.69, 9.17) is 5.11 Å². The van der Waals surface area contributed by atoms with Crippen LogP contribution in [0.15, 0.2) is 16.7 Å². The predicted molar refractivity (Wildman–Crippen MR) is 43.6 cm³/mol. The van der Waals surface area contributed by atoms with Crippen LogP contribution in [0.4, 0.5) is 0 Å². The Labute approximate surface area is 72.2 Å². The monoisotopic (exact) mass is 215 g/mol. The highest BCUT2D eigenvalue weighted by molar-refractivity contribution is 9.10. The van der Waals surface area contributed by atoms with Gasteiger partial charge in [0, 0.05) is 0 Å². The molecule has 11 heavy (non-hydrogen) atoms. The average Bonchev–Trinajstić information content (AvgIpc) is 1.94. The van der Waals surface area contributed by atoms with Crippen LogP contribution in [0.2, 0.25) is 0 Å². The number of halogens is 1. The number of carbonyl (C=O) groups is 1. The quantitative estimate of drug-likeness (QED) is 0.728. The van der Waals surface area contributed by atoms with E-state index >= 15 is 0 Å². The third kappa shape index (κ3) is 1.77. The van der Waals surface area contributed by atoms with Crippen LogP contribution in [0.25, 0.3) is 0 Å². The standard InChI is InChI=1S/C7H6BrNO2/c1-4-2-3-5(7(10)11)9-6(4)8/h2-3H,1H3,(H,10,11). The van der Waals surface area contributed by atoms with Crippen LogP contribution in [-0.4, -0.2) is 16.1 Å². The smallest absolute Gasteiger partial charge is 0.354 e. The summed E-state index contributed by atoms with van der Waals surface area (Å²) in [7, 11) is 0. The summed E-state index contributed by atoms with van der Waals surface area (Å²) in [5.41, 5.74) is 0.984. The van der Waals surface area contributed by atoms with Crippen LogP contribution in [0.3, 0.4) is 0 Å². The Hall–Kier alpha value is -0.900. The molecule has 1 aromatic rings. The highest BCUT2D eigenvalue weighted by Gasteiger charge is 2.05. The van der Waals surface area contributed by atoms with E-state index in [1.165, 1.54) is 6.07 Å². The first-order chi connectivity index (χ1) is 5.11. The summed E-state index contributed by atoms with van der Waals surface area (Å²) in [5.74, 6) is -1.01. The molecule has 0 fully saturated rings. The minimum atomic E-state index is -1.01. The first-order valence-corrected chi connectivity index (χ1v) is 3.77. The van der Waals surface area contributed by atoms with Gasteiger partial charge in [0.15, 0.2) is 0 Å². The van der Waals surface area contributed by atoms with Gasteiger partial charge in [-0.25, -0.2) is 9.78 Å². The van der Waals surface area contributed by atoms with Crippen LogP contribution in [0.5, 0.6) is 0 Å². The minimum Gasteiger partial charge on any atom is -0.477 e. The van der Waals surface area contributed by atoms with Gasteiger partial charge in [-0.05, 0) is 34.5 Å². The number of carboxylic acid groups (broad SMARTS) is 1. The lowest BCUT2D eigenvalue weighted by atomic mass is 10.3. The molecule has 0 bridgehead atoms. The van der Waals surface area contributed by atoms with Gasteiger partial charge in [0.1, 0.15) is 10.3 Å². The zero-order chi connectivity index (χ0) is 8.43. The second kappa shape index (κ2) is 3.00. The van der Waals surface area contributed by atoms with Gasteiger partial charge in [-0.2, -0.15) is 0 Å². The molecule has 0 aromatic carbocycles. The fourth-order valence-corrected chi connectivity index (χ4v) is 0.946. The number of hydrogen-bond donors (Lipinski definition) is 1. The molecule has 0 spiro atoms. The second-order valence-electron chi connectivity index (χ2n) is 2.11. The van der Waals surface area contributed by atoms with Crippen molar-refractivity contribution in [2.24, 2.45) is 0 Å². The van der Waals surface area contributed by atoms with Crippen molar-refractivity contribution >= 4 is 21.9 Å². The van der Waals surface area contributed by atoms with Crippen LogP contribution in [-0.2, 0) is 0 Å². The number of nitrogens with zero attached hydrogens (tertiary/aromatic N) is 1. The first-order valence-electron chi connectivity index (χ1n) is 2.97. The lowest BCUT2D eigenvalue weighted by Crippen LogP contribution is -2.00. The molecular formula is C7H6BrNO2. The Balaban J connectivity index is 3.15. The van der Waals surface area contributed by atoms with Crippen molar-refractivity contribution in [1.82, 2.24) is 4.98 Å². The lowest BCUT2D eigenvalue weighted by molar-refractivity contribution is 0.0690. The first kappa shape index (κ1) is 8.20.